The van der Waals surface area contributed by atoms with Gasteiger partial charge in [0.2, 0.25) is 6.79 Å². The number of aromatic nitrogens is 2. The molecule has 0 aliphatic carbocycles. The number of esters is 1. The summed E-state index contributed by atoms with van der Waals surface area (Å²) in [5, 5.41) is 13.7. The van der Waals surface area contributed by atoms with E-state index in [1.165, 1.54) is 7.11 Å². The largest absolute Gasteiger partial charge is 0.465 e. The number of nitrogens with zero attached hydrogens (tertiary/aromatic N) is 2. The second-order valence-electron chi connectivity index (χ2n) is 6.02. The van der Waals surface area contributed by atoms with Crippen LogP contribution in [0.2, 0.25) is 0 Å². The molecule has 0 radical (unpaired) electrons. The highest BCUT2D eigenvalue weighted by Gasteiger charge is 2.16. The minimum atomic E-state index is -0.429. The Labute approximate surface area is 165 Å². The van der Waals surface area contributed by atoms with Crippen molar-refractivity contribution >= 4 is 29.2 Å². The first-order valence-corrected chi connectivity index (χ1v) is 8.62. The molecule has 4 rings (SSSR count). The van der Waals surface area contributed by atoms with Gasteiger partial charge in [0.05, 0.1) is 12.7 Å². The van der Waals surface area contributed by atoms with Crippen LogP contribution in [0.15, 0.2) is 54.6 Å². The van der Waals surface area contributed by atoms with Crippen LogP contribution < -0.4 is 20.1 Å². The molecule has 0 unspecified atom stereocenters. The monoisotopic (exact) mass is 392 g/mol. The highest BCUT2D eigenvalue weighted by Crippen LogP contribution is 2.32. The number of benzene rings is 2. The number of rotatable bonds is 5. The molecule has 0 bridgehead atoms. The molecule has 0 spiro atoms. The second-order valence-corrected chi connectivity index (χ2v) is 6.02. The summed E-state index contributed by atoms with van der Waals surface area (Å²) in [6.45, 7) is 0.142. The minimum absolute atomic E-state index is 0.142. The zero-order chi connectivity index (χ0) is 20.2. The van der Waals surface area contributed by atoms with Gasteiger partial charge in [-0.25, -0.2) is 4.79 Å². The number of hydrogen-bond donors (Lipinski definition) is 2. The van der Waals surface area contributed by atoms with Gasteiger partial charge in [0.15, 0.2) is 23.1 Å². The van der Waals surface area contributed by atoms with E-state index in [2.05, 4.69) is 20.8 Å². The third-order valence-corrected chi connectivity index (χ3v) is 4.10. The van der Waals surface area contributed by atoms with Gasteiger partial charge in [-0.2, -0.15) is 0 Å². The van der Waals surface area contributed by atoms with E-state index in [0.717, 1.165) is 0 Å². The Morgan fingerprint density at radius 2 is 1.72 bits per heavy atom. The van der Waals surface area contributed by atoms with E-state index in [1.807, 2.05) is 0 Å². The Kier molecular flexibility index (Phi) is 4.93. The summed E-state index contributed by atoms with van der Waals surface area (Å²) >= 11 is 0. The molecule has 1 amide bonds. The quantitative estimate of drug-likeness (QED) is 0.638. The third-order valence-electron chi connectivity index (χ3n) is 4.10. The Balaban J connectivity index is 1.41. The molecule has 2 N–H and O–H groups in total. The predicted octanol–water partition coefficient (Wildman–Crippen LogP) is 2.99. The average molecular weight is 392 g/mol. The Morgan fingerprint density at radius 1 is 0.931 bits per heavy atom. The molecule has 0 atom stereocenters. The lowest BCUT2D eigenvalue weighted by Gasteiger charge is -2.08. The van der Waals surface area contributed by atoms with E-state index in [0.29, 0.717) is 39.9 Å². The van der Waals surface area contributed by atoms with Crippen molar-refractivity contribution < 1.29 is 23.8 Å². The molecular formula is C20H16N4O5. The van der Waals surface area contributed by atoms with Crippen LogP contribution in [0, 0.1) is 0 Å². The molecule has 1 aliphatic rings. The fraction of sp³-hybridized carbons (Fsp3) is 0.100. The molecule has 3 aromatic rings. The predicted molar refractivity (Wildman–Crippen MR) is 104 cm³/mol. The summed E-state index contributed by atoms with van der Waals surface area (Å²) < 4.78 is 15.2. The molecule has 146 valence electrons. The highest BCUT2D eigenvalue weighted by molar-refractivity contribution is 6.04. The number of hydrogen-bond acceptors (Lipinski definition) is 8. The fourth-order valence-electron chi connectivity index (χ4n) is 2.68. The van der Waals surface area contributed by atoms with Gasteiger partial charge in [-0.3, -0.25) is 4.79 Å². The van der Waals surface area contributed by atoms with Crippen LogP contribution in [0.5, 0.6) is 11.5 Å². The zero-order valence-corrected chi connectivity index (χ0v) is 15.3. The summed E-state index contributed by atoms with van der Waals surface area (Å²) in [6, 6.07) is 15.0. The van der Waals surface area contributed by atoms with E-state index >= 15 is 0 Å². The zero-order valence-electron chi connectivity index (χ0n) is 15.3. The number of carbonyl (C=O) groups is 2. The van der Waals surface area contributed by atoms with Crippen molar-refractivity contribution in [3.63, 3.8) is 0 Å². The molecule has 0 saturated heterocycles. The Hall–Kier alpha value is -4.14. The maximum Gasteiger partial charge on any atom is 0.337 e. The third kappa shape index (κ3) is 4.08. The topological polar surface area (TPSA) is 112 Å². The van der Waals surface area contributed by atoms with Crippen molar-refractivity contribution in [2.75, 3.05) is 24.5 Å². The SMILES string of the molecule is COC(=O)c1cccc(Nc2ccc(NC(=O)c3ccc4c(c3)OCO4)nn2)c1. The summed E-state index contributed by atoms with van der Waals surface area (Å²) in [5.74, 6) is 1.10. The summed E-state index contributed by atoms with van der Waals surface area (Å²) in [7, 11) is 1.32. The maximum atomic E-state index is 12.4. The van der Waals surface area contributed by atoms with Crippen LogP contribution >= 0.6 is 0 Å². The van der Waals surface area contributed by atoms with Crippen molar-refractivity contribution in [1.82, 2.24) is 10.2 Å². The molecular weight excluding hydrogens is 376 g/mol. The molecule has 29 heavy (non-hydrogen) atoms. The van der Waals surface area contributed by atoms with E-state index in [9.17, 15) is 9.59 Å². The lowest BCUT2D eigenvalue weighted by molar-refractivity contribution is 0.0600. The van der Waals surface area contributed by atoms with Gasteiger partial charge in [-0.15, -0.1) is 10.2 Å². The number of amides is 1. The lowest BCUT2D eigenvalue weighted by atomic mass is 10.2. The summed E-state index contributed by atoms with van der Waals surface area (Å²) in [6.07, 6.45) is 0. The molecule has 2 heterocycles. The molecule has 0 saturated carbocycles. The number of nitrogens with one attached hydrogen (secondary N) is 2. The van der Waals surface area contributed by atoms with Gasteiger partial charge < -0.3 is 24.8 Å². The van der Waals surface area contributed by atoms with Crippen LogP contribution in [-0.2, 0) is 4.74 Å². The van der Waals surface area contributed by atoms with E-state index in [4.69, 9.17) is 14.2 Å². The van der Waals surface area contributed by atoms with E-state index < -0.39 is 5.97 Å². The van der Waals surface area contributed by atoms with E-state index in [-0.39, 0.29) is 12.7 Å². The van der Waals surface area contributed by atoms with E-state index in [1.54, 1.807) is 54.6 Å². The molecule has 9 heteroatoms. The number of fused-ring (bicyclic) bond motifs is 1. The maximum absolute atomic E-state index is 12.4. The molecule has 2 aromatic carbocycles. The molecule has 1 aliphatic heterocycles. The fourth-order valence-corrected chi connectivity index (χ4v) is 2.68. The van der Waals surface area contributed by atoms with Crippen LogP contribution in [0.1, 0.15) is 20.7 Å². The van der Waals surface area contributed by atoms with Gasteiger partial charge >= 0.3 is 5.97 Å². The first-order valence-electron chi connectivity index (χ1n) is 8.62. The second kappa shape index (κ2) is 7.85. The number of ether oxygens (including phenoxy) is 3. The van der Waals surface area contributed by atoms with Crippen molar-refractivity contribution in [2.45, 2.75) is 0 Å². The lowest BCUT2D eigenvalue weighted by Crippen LogP contribution is -2.13. The Morgan fingerprint density at radius 3 is 2.52 bits per heavy atom. The van der Waals surface area contributed by atoms with Crippen molar-refractivity contribution in [2.24, 2.45) is 0 Å². The van der Waals surface area contributed by atoms with Gasteiger partial charge in [0, 0.05) is 11.3 Å². The molecule has 1 aromatic heterocycles. The van der Waals surface area contributed by atoms with Crippen LogP contribution in [0.4, 0.5) is 17.3 Å². The van der Waals surface area contributed by atoms with Crippen molar-refractivity contribution in [3.8, 4) is 11.5 Å². The number of anilines is 3. The van der Waals surface area contributed by atoms with Gasteiger partial charge in [-0.05, 0) is 48.5 Å². The van der Waals surface area contributed by atoms with Gasteiger partial charge in [-0.1, -0.05) is 6.07 Å². The smallest absolute Gasteiger partial charge is 0.337 e. The summed E-state index contributed by atoms with van der Waals surface area (Å²) in [4.78, 5) is 24.0. The number of carbonyl (C=O) groups excluding carboxylic acids is 2. The summed E-state index contributed by atoms with van der Waals surface area (Å²) in [5.41, 5.74) is 1.48. The number of methoxy groups -OCH3 is 1. The Bertz CT molecular complexity index is 1070. The average Bonchev–Trinajstić information content (AvgIpc) is 3.22. The molecule has 0 fully saturated rings. The first kappa shape index (κ1) is 18.2. The van der Waals surface area contributed by atoms with Crippen LogP contribution in [-0.4, -0.2) is 36.0 Å². The van der Waals surface area contributed by atoms with Crippen LogP contribution in [0.3, 0.4) is 0 Å². The first-order chi connectivity index (χ1) is 14.1. The highest BCUT2D eigenvalue weighted by atomic mass is 16.7. The van der Waals surface area contributed by atoms with Crippen LogP contribution in [0.25, 0.3) is 0 Å². The normalized spacial score (nSPS) is 11.6. The van der Waals surface area contributed by atoms with Crippen molar-refractivity contribution in [3.05, 3.63) is 65.7 Å². The minimum Gasteiger partial charge on any atom is -0.465 e. The van der Waals surface area contributed by atoms with Crippen molar-refractivity contribution in [1.29, 1.82) is 0 Å². The van der Waals surface area contributed by atoms with Gasteiger partial charge in [0.25, 0.3) is 5.91 Å². The van der Waals surface area contributed by atoms with Gasteiger partial charge in [0.1, 0.15) is 0 Å². The standard InChI is InChI=1S/C20H16N4O5/c1-27-20(26)13-3-2-4-14(9-13)21-17-7-8-18(24-23-17)22-19(25)12-5-6-15-16(10-12)29-11-28-15/h2-10H,11H2,1H3,(H,21,23)(H,22,24,25). The molecule has 9 nitrogen and oxygen atoms in total.